The molecule has 0 radical (unpaired) electrons. The van der Waals surface area contributed by atoms with Crippen molar-refractivity contribution in [3.8, 4) is 0 Å². The molecule has 0 heterocycles. The molecule has 33 heavy (non-hydrogen) atoms. The molecule has 0 aliphatic carbocycles. The summed E-state index contributed by atoms with van der Waals surface area (Å²) < 4.78 is 11.0. The first-order valence-corrected chi connectivity index (χ1v) is 13.5. The average Bonchev–Trinajstić information content (AvgIpc) is 2.82. The van der Waals surface area contributed by atoms with E-state index in [0.29, 0.717) is 12.3 Å². The summed E-state index contributed by atoms with van der Waals surface area (Å²) in [6.45, 7) is 19.7. The molecule has 0 bridgehead atoms. The molecule has 4 nitrogen and oxygen atoms in total. The highest BCUT2D eigenvalue weighted by Gasteiger charge is 2.59. The lowest BCUT2D eigenvalue weighted by Crippen LogP contribution is -2.53. The van der Waals surface area contributed by atoms with Crippen molar-refractivity contribution in [3.05, 3.63) is 0 Å². The third kappa shape index (κ3) is 6.78. The second kappa shape index (κ2) is 13.2. The van der Waals surface area contributed by atoms with Crippen LogP contribution >= 0.6 is 0 Å². The Kier molecular flexibility index (Phi) is 12.8. The summed E-state index contributed by atoms with van der Waals surface area (Å²) in [5.74, 6) is 0.313. The number of hydrogen-bond acceptors (Lipinski definition) is 4. The number of hydrogen-bond donors (Lipinski definition) is 0. The minimum absolute atomic E-state index is 0.0120. The van der Waals surface area contributed by atoms with Crippen LogP contribution in [-0.2, 0) is 19.1 Å². The maximum atomic E-state index is 13.7. The van der Waals surface area contributed by atoms with Crippen LogP contribution in [0, 0.1) is 33.5 Å². The van der Waals surface area contributed by atoms with E-state index in [4.69, 9.17) is 9.47 Å². The highest BCUT2D eigenvalue weighted by molar-refractivity contribution is 6.08. The van der Waals surface area contributed by atoms with Crippen molar-refractivity contribution in [1.82, 2.24) is 0 Å². The SMILES string of the molecule is BCC(CC)CC(C)(C(=O)OC)C(CC)(CC)CC(CC(C)(C)CC)(C(=O)OC)C(C)CC. The monoisotopic (exact) mass is 466 g/mol. The zero-order valence-electron chi connectivity index (χ0n) is 24.2. The fourth-order valence-corrected chi connectivity index (χ4v) is 6.31. The van der Waals surface area contributed by atoms with Crippen LogP contribution in [0.3, 0.4) is 0 Å². The number of ether oxygens (including phenoxy) is 2. The number of rotatable bonds is 16. The van der Waals surface area contributed by atoms with Crippen LogP contribution in [0.5, 0.6) is 0 Å². The zero-order chi connectivity index (χ0) is 26.1. The van der Waals surface area contributed by atoms with Gasteiger partial charge in [0, 0.05) is 0 Å². The maximum absolute atomic E-state index is 13.7. The standard InChI is InChI=1S/C28H55BO4/c1-12-21(6)28(24(31)33-11,19-25(7,8)14-3)20-27(15-4,16-5)26(9,23(30)32-10)17-22(13-2)18-29/h21-22H,12-20,29H2,1-11H3. The molecule has 0 aromatic carbocycles. The van der Waals surface area contributed by atoms with E-state index in [2.05, 4.69) is 70.2 Å². The van der Waals surface area contributed by atoms with Gasteiger partial charge in [0.05, 0.1) is 25.0 Å². The summed E-state index contributed by atoms with van der Waals surface area (Å²) >= 11 is 0. The molecule has 0 aromatic heterocycles. The Bertz CT molecular complexity index is 609. The molecule has 0 rings (SSSR count). The predicted molar refractivity (Wildman–Crippen MR) is 142 cm³/mol. The fraction of sp³-hybridized carbons (Fsp3) is 0.929. The number of carbonyl (C=O) groups excluding carboxylic acids is 2. The zero-order valence-corrected chi connectivity index (χ0v) is 24.2. The van der Waals surface area contributed by atoms with Crippen LogP contribution in [0.4, 0.5) is 0 Å². The van der Waals surface area contributed by atoms with Crippen molar-refractivity contribution < 1.29 is 19.1 Å². The molecule has 0 aliphatic heterocycles. The third-order valence-electron chi connectivity index (χ3n) is 9.56. The Hall–Kier alpha value is -0.995. The Labute approximate surface area is 206 Å². The predicted octanol–water partition coefficient (Wildman–Crippen LogP) is 6.86. The van der Waals surface area contributed by atoms with E-state index in [-0.39, 0.29) is 28.7 Å². The lowest BCUT2D eigenvalue weighted by molar-refractivity contribution is -0.177. The summed E-state index contributed by atoms with van der Waals surface area (Å²) in [6.07, 6.45) is 7.74. The van der Waals surface area contributed by atoms with Gasteiger partial charge in [0.15, 0.2) is 0 Å². The quantitative estimate of drug-likeness (QED) is 0.184. The summed E-state index contributed by atoms with van der Waals surface area (Å²) in [5, 5.41) is 0. The molecule has 0 aromatic rings. The minimum Gasteiger partial charge on any atom is -0.469 e. The molecular weight excluding hydrogens is 411 g/mol. The van der Waals surface area contributed by atoms with Crippen molar-refractivity contribution in [3.63, 3.8) is 0 Å². The van der Waals surface area contributed by atoms with Gasteiger partial charge in [0.2, 0.25) is 0 Å². The Morgan fingerprint density at radius 1 is 0.818 bits per heavy atom. The van der Waals surface area contributed by atoms with E-state index in [1.54, 1.807) is 0 Å². The van der Waals surface area contributed by atoms with Crippen molar-refractivity contribution in [2.45, 2.75) is 120 Å². The number of carbonyl (C=O) groups is 2. The summed E-state index contributed by atoms with van der Waals surface area (Å²) in [6, 6.07) is 0. The Morgan fingerprint density at radius 3 is 1.67 bits per heavy atom. The lowest BCUT2D eigenvalue weighted by atomic mass is 9.49. The van der Waals surface area contributed by atoms with Crippen LogP contribution in [0.25, 0.3) is 0 Å². The highest BCUT2D eigenvalue weighted by Crippen LogP contribution is 2.60. The Balaban J connectivity index is 7.08. The van der Waals surface area contributed by atoms with Gasteiger partial charge in [-0.25, -0.2) is 0 Å². The molecule has 4 unspecified atom stereocenters. The normalized spacial score (nSPS) is 18.0. The first kappa shape index (κ1) is 32.0. The van der Waals surface area contributed by atoms with Crippen molar-refractivity contribution in [2.24, 2.45) is 33.5 Å². The third-order valence-corrected chi connectivity index (χ3v) is 9.56. The second-order valence-electron chi connectivity index (χ2n) is 11.5. The molecule has 0 fully saturated rings. The molecular formula is C28H55BO4. The van der Waals surface area contributed by atoms with E-state index in [1.165, 1.54) is 14.2 Å². The van der Waals surface area contributed by atoms with Crippen LogP contribution in [0.15, 0.2) is 0 Å². The van der Waals surface area contributed by atoms with Gasteiger partial charge in [-0.1, -0.05) is 81.0 Å². The molecule has 0 saturated carbocycles. The largest absolute Gasteiger partial charge is 0.469 e. The van der Waals surface area contributed by atoms with Gasteiger partial charge < -0.3 is 9.47 Å². The smallest absolute Gasteiger partial charge is 0.312 e. The molecule has 0 amide bonds. The number of methoxy groups -OCH3 is 2. The lowest BCUT2D eigenvalue weighted by Gasteiger charge is -2.54. The maximum Gasteiger partial charge on any atom is 0.312 e. The number of esters is 2. The van der Waals surface area contributed by atoms with E-state index in [1.807, 2.05) is 0 Å². The molecule has 0 aliphatic rings. The Morgan fingerprint density at radius 2 is 1.33 bits per heavy atom. The van der Waals surface area contributed by atoms with E-state index in [0.717, 1.165) is 51.3 Å². The molecule has 194 valence electrons. The van der Waals surface area contributed by atoms with Gasteiger partial charge in [0.25, 0.3) is 0 Å². The molecule has 0 N–H and O–H groups in total. The first-order valence-electron chi connectivity index (χ1n) is 13.5. The molecule has 0 spiro atoms. The van der Waals surface area contributed by atoms with Crippen LogP contribution in [-0.4, -0.2) is 34.0 Å². The first-order chi connectivity index (χ1) is 15.3. The van der Waals surface area contributed by atoms with Gasteiger partial charge in [0.1, 0.15) is 7.85 Å². The topological polar surface area (TPSA) is 52.6 Å². The molecule has 4 atom stereocenters. The van der Waals surface area contributed by atoms with E-state index >= 15 is 0 Å². The van der Waals surface area contributed by atoms with Gasteiger partial charge in [-0.2, -0.15) is 0 Å². The average molecular weight is 467 g/mol. The summed E-state index contributed by atoms with van der Waals surface area (Å²) in [4.78, 5) is 27.2. The van der Waals surface area contributed by atoms with Gasteiger partial charge in [-0.3, -0.25) is 9.59 Å². The molecule has 5 heteroatoms. The van der Waals surface area contributed by atoms with Gasteiger partial charge in [-0.15, -0.1) is 0 Å². The van der Waals surface area contributed by atoms with E-state index < -0.39 is 10.8 Å². The van der Waals surface area contributed by atoms with Crippen LogP contribution < -0.4 is 0 Å². The van der Waals surface area contributed by atoms with Crippen LogP contribution in [0.1, 0.15) is 114 Å². The summed E-state index contributed by atoms with van der Waals surface area (Å²) in [7, 11) is 5.22. The molecule has 0 saturated heterocycles. The minimum atomic E-state index is -0.676. The van der Waals surface area contributed by atoms with Gasteiger partial charge in [-0.05, 0) is 61.7 Å². The van der Waals surface area contributed by atoms with Crippen LogP contribution in [0.2, 0.25) is 6.32 Å². The van der Waals surface area contributed by atoms with Crippen molar-refractivity contribution in [2.75, 3.05) is 14.2 Å². The second-order valence-corrected chi connectivity index (χ2v) is 11.5. The van der Waals surface area contributed by atoms with Crippen molar-refractivity contribution >= 4 is 19.8 Å². The van der Waals surface area contributed by atoms with Gasteiger partial charge >= 0.3 is 11.9 Å². The highest BCUT2D eigenvalue weighted by atomic mass is 16.5. The summed E-state index contributed by atoms with van der Waals surface area (Å²) in [5.41, 5.74) is -1.71. The van der Waals surface area contributed by atoms with Crippen molar-refractivity contribution in [1.29, 1.82) is 0 Å². The fourth-order valence-electron chi connectivity index (χ4n) is 6.31. The van der Waals surface area contributed by atoms with E-state index in [9.17, 15) is 9.59 Å².